The van der Waals surface area contributed by atoms with Crippen molar-refractivity contribution in [3.63, 3.8) is 0 Å². The smallest absolute Gasteiger partial charge is 0.315 e. The van der Waals surface area contributed by atoms with Gasteiger partial charge < -0.3 is 26.6 Å². The van der Waals surface area contributed by atoms with Gasteiger partial charge in [-0.15, -0.1) is 0 Å². The predicted molar refractivity (Wildman–Crippen MR) is 160 cm³/mol. The van der Waals surface area contributed by atoms with E-state index in [1.54, 1.807) is 12.1 Å². The molecule has 232 valence electrons. The third kappa shape index (κ3) is 8.86. The third-order valence-electron chi connectivity index (χ3n) is 8.08. The van der Waals surface area contributed by atoms with Crippen LogP contribution in [0.5, 0.6) is 0 Å². The predicted octanol–water partition coefficient (Wildman–Crippen LogP) is 2.01. The molecular formula is C30H45N5O6S. The number of rotatable bonds is 13. The summed E-state index contributed by atoms with van der Waals surface area (Å²) >= 11 is 0. The molecule has 1 saturated carbocycles. The van der Waals surface area contributed by atoms with Crippen molar-refractivity contribution in [2.45, 2.75) is 102 Å². The van der Waals surface area contributed by atoms with E-state index in [2.05, 4.69) is 16.0 Å². The zero-order valence-corrected chi connectivity index (χ0v) is 25.8. The van der Waals surface area contributed by atoms with Gasteiger partial charge in [-0.25, -0.2) is 4.79 Å². The molecule has 5 amide bonds. The number of ketones is 1. The van der Waals surface area contributed by atoms with Gasteiger partial charge in [-0.1, -0.05) is 65.2 Å². The number of hydrogen-bond donors (Lipinski definition) is 4. The highest BCUT2D eigenvalue weighted by Gasteiger charge is 2.43. The molecular weight excluding hydrogens is 558 g/mol. The van der Waals surface area contributed by atoms with E-state index in [9.17, 15) is 28.2 Å². The van der Waals surface area contributed by atoms with E-state index in [1.165, 1.54) is 4.90 Å². The van der Waals surface area contributed by atoms with E-state index in [0.29, 0.717) is 37.1 Å². The lowest BCUT2D eigenvalue weighted by Crippen LogP contribution is -2.60. The molecule has 3 rings (SSSR count). The summed E-state index contributed by atoms with van der Waals surface area (Å²) in [6.45, 7) is 7.67. The molecule has 1 aromatic rings. The van der Waals surface area contributed by atoms with Crippen LogP contribution < -0.4 is 21.7 Å². The molecule has 0 radical (unpaired) electrons. The summed E-state index contributed by atoms with van der Waals surface area (Å²) in [5, 5.41) is 8.35. The van der Waals surface area contributed by atoms with Crippen LogP contribution in [0, 0.1) is 11.3 Å². The van der Waals surface area contributed by atoms with Crippen LogP contribution in [-0.4, -0.2) is 75.1 Å². The van der Waals surface area contributed by atoms with Gasteiger partial charge in [-0.05, 0) is 49.1 Å². The number of nitrogens with zero attached hydrogens (tertiary/aromatic N) is 1. The summed E-state index contributed by atoms with van der Waals surface area (Å²) in [5.41, 5.74) is 4.55. The van der Waals surface area contributed by atoms with Crippen molar-refractivity contribution >= 4 is 40.3 Å². The van der Waals surface area contributed by atoms with Gasteiger partial charge in [-0.2, -0.15) is 0 Å². The van der Waals surface area contributed by atoms with Gasteiger partial charge in [0.1, 0.15) is 12.1 Å². The zero-order valence-electron chi connectivity index (χ0n) is 25.0. The number of nitrogens with two attached hydrogens (primary N) is 1. The van der Waals surface area contributed by atoms with E-state index in [0.717, 1.165) is 19.3 Å². The van der Waals surface area contributed by atoms with E-state index >= 15 is 0 Å². The quantitative estimate of drug-likeness (QED) is 0.252. The molecule has 2 fully saturated rings. The maximum atomic E-state index is 13.8. The molecule has 5 N–H and O–H groups in total. The van der Waals surface area contributed by atoms with Gasteiger partial charge in [0.15, 0.2) is 0 Å². The number of nitrogens with one attached hydrogen (secondary N) is 3. The van der Waals surface area contributed by atoms with Crippen LogP contribution in [0.1, 0.15) is 72.6 Å². The Bertz CT molecular complexity index is 1170. The number of urea groups is 1. The largest absolute Gasteiger partial charge is 0.363 e. The SMILES string of the molecule is CCC(CS(=O)c1ccccc1)NC(=O)NC(C(=O)N1CCC[C@H]1C(=O)NC(CC1CCC1)C(=O)C(N)=O)C(C)(C)C. The van der Waals surface area contributed by atoms with Crippen LogP contribution in [0.15, 0.2) is 35.2 Å². The van der Waals surface area contributed by atoms with Crippen molar-refractivity contribution < 1.29 is 28.2 Å². The molecule has 12 heteroatoms. The number of amides is 5. The maximum Gasteiger partial charge on any atom is 0.315 e. The molecule has 1 saturated heterocycles. The molecule has 1 aliphatic carbocycles. The topological polar surface area (TPSA) is 168 Å². The summed E-state index contributed by atoms with van der Waals surface area (Å²) in [6.07, 6.45) is 4.75. The van der Waals surface area contributed by atoms with Crippen molar-refractivity contribution in [3.8, 4) is 0 Å². The number of carbonyl (C=O) groups excluding carboxylic acids is 5. The van der Waals surface area contributed by atoms with Crippen molar-refractivity contribution in [2.75, 3.05) is 12.3 Å². The Kier molecular flexibility index (Phi) is 11.7. The highest BCUT2D eigenvalue weighted by atomic mass is 32.2. The molecule has 1 aliphatic heterocycles. The van der Waals surface area contributed by atoms with Crippen molar-refractivity contribution in [3.05, 3.63) is 30.3 Å². The Morgan fingerprint density at radius 2 is 1.67 bits per heavy atom. The van der Waals surface area contributed by atoms with E-state index in [4.69, 9.17) is 5.73 Å². The monoisotopic (exact) mass is 603 g/mol. The number of benzene rings is 1. The average molecular weight is 604 g/mol. The lowest BCUT2D eigenvalue weighted by Gasteiger charge is -2.36. The highest BCUT2D eigenvalue weighted by molar-refractivity contribution is 7.85. The Hall–Kier alpha value is -3.28. The standard InChI is InChI=1S/C30H45N5O6S/c1-5-20(18-42(41)21-13-7-6-8-14-21)32-29(40)34-25(30(2,3)4)28(39)35-16-10-15-23(35)27(38)33-22(24(36)26(31)37)17-19-11-9-12-19/h6-8,13-14,19-20,22-23,25H,5,9-12,15-18H2,1-4H3,(H2,31,37)(H,33,38)(H2,32,34,40)/t20?,22?,23-,25?,42?/m0/s1. The fourth-order valence-electron chi connectivity index (χ4n) is 5.32. The minimum absolute atomic E-state index is 0.225. The van der Waals surface area contributed by atoms with Gasteiger partial charge in [-0.3, -0.25) is 23.4 Å². The van der Waals surface area contributed by atoms with Crippen LogP contribution >= 0.6 is 0 Å². The average Bonchev–Trinajstić information content (AvgIpc) is 3.41. The summed E-state index contributed by atoms with van der Waals surface area (Å²) in [7, 11) is -1.31. The van der Waals surface area contributed by atoms with Gasteiger partial charge >= 0.3 is 6.03 Å². The second kappa shape index (κ2) is 14.8. The normalized spacial score (nSPS) is 20.0. The maximum absolute atomic E-state index is 13.8. The second-order valence-corrected chi connectivity index (χ2v) is 13.9. The lowest BCUT2D eigenvalue weighted by molar-refractivity contribution is -0.143. The van der Waals surface area contributed by atoms with Crippen molar-refractivity contribution in [2.24, 2.45) is 17.1 Å². The molecule has 4 unspecified atom stereocenters. The molecule has 11 nitrogen and oxygen atoms in total. The Morgan fingerprint density at radius 3 is 2.21 bits per heavy atom. The molecule has 1 heterocycles. The van der Waals surface area contributed by atoms with E-state index in [-0.39, 0.29) is 17.7 Å². The zero-order chi connectivity index (χ0) is 31.0. The van der Waals surface area contributed by atoms with Gasteiger partial charge in [0.2, 0.25) is 17.6 Å². The number of primary amides is 1. The van der Waals surface area contributed by atoms with Gasteiger partial charge in [0.05, 0.1) is 16.8 Å². The van der Waals surface area contributed by atoms with E-state index < -0.39 is 63.9 Å². The molecule has 1 aromatic carbocycles. The molecule has 0 aromatic heterocycles. The van der Waals surface area contributed by atoms with Crippen LogP contribution in [0.2, 0.25) is 0 Å². The molecule has 42 heavy (non-hydrogen) atoms. The minimum atomic E-state index is -1.31. The highest BCUT2D eigenvalue weighted by Crippen LogP contribution is 2.31. The Balaban J connectivity index is 1.67. The fraction of sp³-hybridized carbons (Fsp3) is 0.633. The summed E-state index contributed by atoms with van der Waals surface area (Å²) in [4.78, 5) is 66.5. The third-order valence-corrected chi connectivity index (χ3v) is 9.59. The number of carbonyl (C=O) groups is 5. The second-order valence-electron chi connectivity index (χ2n) is 12.4. The van der Waals surface area contributed by atoms with Crippen LogP contribution in [0.4, 0.5) is 4.79 Å². The summed E-state index contributed by atoms with van der Waals surface area (Å²) in [6, 6.07) is 5.25. The van der Waals surface area contributed by atoms with Crippen molar-refractivity contribution in [1.82, 2.24) is 20.9 Å². The summed E-state index contributed by atoms with van der Waals surface area (Å²) < 4.78 is 12.8. The first-order valence-corrected chi connectivity index (χ1v) is 16.1. The molecule has 0 bridgehead atoms. The molecule has 5 atom stereocenters. The first-order valence-electron chi connectivity index (χ1n) is 14.8. The van der Waals surface area contributed by atoms with Crippen LogP contribution in [0.25, 0.3) is 0 Å². The first-order chi connectivity index (χ1) is 19.8. The Labute approximate surface area is 250 Å². The summed E-state index contributed by atoms with van der Waals surface area (Å²) in [5.74, 6) is -2.39. The van der Waals surface area contributed by atoms with Crippen LogP contribution in [0.3, 0.4) is 0 Å². The van der Waals surface area contributed by atoms with Crippen molar-refractivity contribution in [1.29, 1.82) is 0 Å². The van der Waals surface area contributed by atoms with Crippen LogP contribution in [-0.2, 0) is 30.0 Å². The minimum Gasteiger partial charge on any atom is -0.363 e. The number of hydrogen-bond acceptors (Lipinski definition) is 6. The number of Topliss-reactive ketones (excluding diaryl/α,β-unsaturated/α-hetero) is 1. The van der Waals surface area contributed by atoms with Gasteiger partial charge in [0, 0.05) is 23.2 Å². The molecule has 0 spiro atoms. The van der Waals surface area contributed by atoms with E-state index in [1.807, 2.05) is 45.9 Å². The Morgan fingerprint density at radius 1 is 1.00 bits per heavy atom. The molecule has 2 aliphatic rings. The van der Waals surface area contributed by atoms with Gasteiger partial charge in [0.25, 0.3) is 5.91 Å². The lowest BCUT2D eigenvalue weighted by atomic mass is 9.80. The number of likely N-dealkylation sites (tertiary alicyclic amines) is 1. The fourth-order valence-corrected chi connectivity index (χ4v) is 6.66. The first kappa shape index (κ1) is 33.2.